The molecule has 0 radical (unpaired) electrons. The molecule has 2 atom stereocenters. The average Bonchev–Trinajstić information content (AvgIpc) is 2.65. The highest BCUT2D eigenvalue weighted by Gasteiger charge is 2.33. The van der Waals surface area contributed by atoms with E-state index in [1.807, 2.05) is 0 Å². The Kier molecular flexibility index (Phi) is 5.35. The first kappa shape index (κ1) is 18.4. The number of carbonyl (C=O) groups is 3. The van der Waals surface area contributed by atoms with E-state index in [1.54, 1.807) is 55.7 Å². The molecule has 0 fully saturated rings. The molecular weight excluding hydrogens is 350 g/mol. The van der Waals surface area contributed by atoms with Crippen LogP contribution in [0, 0.1) is 0 Å². The van der Waals surface area contributed by atoms with Gasteiger partial charge in [-0.05, 0) is 36.8 Å². The van der Waals surface area contributed by atoms with Crippen molar-refractivity contribution in [1.29, 1.82) is 0 Å². The maximum Gasteiger partial charge on any atom is 0.326 e. The normalized spacial score (nSPS) is 16.9. The predicted octanol–water partition coefficient (Wildman–Crippen LogP) is 1.01. The van der Waals surface area contributed by atoms with E-state index in [2.05, 4.69) is 10.3 Å². The maximum absolute atomic E-state index is 12.5. The summed E-state index contributed by atoms with van der Waals surface area (Å²) in [5.74, 6) is -1.57. The number of hydrogen-bond acceptors (Lipinski definition) is 5. The number of nitrogens with one attached hydrogen (secondary N) is 1. The monoisotopic (exact) mass is 369 g/mol. The summed E-state index contributed by atoms with van der Waals surface area (Å²) in [6.45, 7) is 1.32. The first-order valence-corrected chi connectivity index (χ1v) is 8.44. The number of carboxylic acids is 1. The number of benzene rings is 1. The topological polar surface area (TPSA) is 109 Å². The van der Waals surface area contributed by atoms with Gasteiger partial charge < -0.3 is 15.2 Å². The number of rotatable bonds is 6. The fraction of sp³-hybridized carbons (Fsp3) is 0.263. The van der Waals surface area contributed by atoms with Gasteiger partial charge in [0.25, 0.3) is 5.91 Å². The highest BCUT2D eigenvalue weighted by molar-refractivity contribution is 6.04. The highest BCUT2D eigenvalue weighted by atomic mass is 16.5. The zero-order valence-corrected chi connectivity index (χ0v) is 14.7. The molecule has 1 aliphatic heterocycles. The number of aromatic nitrogens is 1. The van der Waals surface area contributed by atoms with Crippen molar-refractivity contribution in [3.05, 3.63) is 54.4 Å². The van der Waals surface area contributed by atoms with Gasteiger partial charge in [0.15, 0.2) is 6.10 Å². The molecule has 140 valence electrons. The van der Waals surface area contributed by atoms with Gasteiger partial charge in [-0.3, -0.25) is 19.5 Å². The lowest BCUT2D eigenvalue weighted by atomic mass is 10.1. The summed E-state index contributed by atoms with van der Waals surface area (Å²) in [7, 11) is 0. The minimum Gasteiger partial charge on any atom is -0.480 e. The van der Waals surface area contributed by atoms with E-state index >= 15 is 0 Å². The number of hydrogen-bond donors (Lipinski definition) is 2. The van der Waals surface area contributed by atoms with E-state index in [0.29, 0.717) is 11.4 Å². The first-order chi connectivity index (χ1) is 13.0. The molecule has 8 nitrogen and oxygen atoms in total. The van der Waals surface area contributed by atoms with Gasteiger partial charge in [0.05, 0.1) is 5.69 Å². The van der Waals surface area contributed by atoms with E-state index in [9.17, 15) is 19.5 Å². The van der Waals surface area contributed by atoms with E-state index in [1.165, 1.54) is 4.90 Å². The van der Waals surface area contributed by atoms with Crippen molar-refractivity contribution in [3.63, 3.8) is 0 Å². The average molecular weight is 369 g/mol. The van der Waals surface area contributed by atoms with Crippen LogP contribution in [0.5, 0.6) is 5.75 Å². The third-order valence-corrected chi connectivity index (χ3v) is 4.20. The maximum atomic E-state index is 12.5. The number of para-hydroxylation sites is 2. The molecule has 0 spiro atoms. The number of ether oxygens (including phenoxy) is 1. The Morgan fingerprint density at radius 1 is 1.26 bits per heavy atom. The van der Waals surface area contributed by atoms with Crippen molar-refractivity contribution < 1.29 is 24.2 Å². The van der Waals surface area contributed by atoms with Crippen LogP contribution in [0.3, 0.4) is 0 Å². The second kappa shape index (κ2) is 7.86. The van der Waals surface area contributed by atoms with E-state index in [0.717, 1.165) is 5.56 Å². The Morgan fingerprint density at radius 2 is 1.96 bits per heavy atom. The Labute approximate surface area is 155 Å². The van der Waals surface area contributed by atoms with Crippen LogP contribution in [0.15, 0.2) is 48.8 Å². The van der Waals surface area contributed by atoms with Gasteiger partial charge in [0.1, 0.15) is 18.3 Å². The predicted molar refractivity (Wildman–Crippen MR) is 96.4 cm³/mol. The second-order valence-electron chi connectivity index (χ2n) is 6.17. The lowest BCUT2D eigenvalue weighted by molar-refractivity contribution is -0.141. The molecule has 1 aromatic heterocycles. The van der Waals surface area contributed by atoms with Crippen LogP contribution in [0.1, 0.15) is 12.5 Å². The van der Waals surface area contributed by atoms with Crippen LogP contribution in [-0.4, -0.2) is 46.6 Å². The zero-order valence-electron chi connectivity index (χ0n) is 14.7. The molecule has 0 saturated carbocycles. The number of anilines is 1. The number of amides is 2. The van der Waals surface area contributed by atoms with Crippen LogP contribution in [-0.2, 0) is 20.8 Å². The minimum absolute atomic E-state index is 0.119. The molecule has 2 heterocycles. The largest absolute Gasteiger partial charge is 0.480 e. The number of aliphatic carboxylic acids is 1. The molecule has 0 saturated heterocycles. The summed E-state index contributed by atoms with van der Waals surface area (Å²) in [5, 5.41) is 11.9. The smallest absolute Gasteiger partial charge is 0.326 e. The molecule has 0 bridgehead atoms. The first-order valence-electron chi connectivity index (χ1n) is 8.44. The number of nitrogens with zero attached hydrogens (tertiary/aromatic N) is 2. The lowest BCUT2D eigenvalue weighted by Gasteiger charge is -2.32. The molecule has 2 amide bonds. The number of carboxylic acid groups (broad SMARTS) is 1. The summed E-state index contributed by atoms with van der Waals surface area (Å²) >= 11 is 0. The van der Waals surface area contributed by atoms with Crippen molar-refractivity contribution in [3.8, 4) is 5.75 Å². The third kappa shape index (κ3) is 4.22. The molecule has 0 aliphatic carbocycles. The van der Waals surface area contributed by atoms with Gasteiger partial charge in [-0.2, -0.15) is 0 Å². The second-order valence-corrected chi connectivity index (χ2v) is 6.17. The summed E-state index contributed by atoms with van der Waals surface area (Å²) in [6.07, 6.45) is 2.51. The van der Waals surface area contributed by atoms with E-state index in [4.69, 9.17) is 4.74 Å². The van der Waals surface area contributed by atoms with Gasteiger partial charge >= 0.3 is 5.97 Å². The molecular formula is C19H19N3O5. The standard InChI is InChI=1S/C19H19N3O5/c1-12-18(24)22(15-4-2-3-5-16(15)27-12)11-17(23)21-14(19(25)26)10-13-6-8-20-9-7-13/h2-9,12,14H,10-11H2,1H3,(H,21,23)(H,25,26). The minimum atomic E-state index is -1.15. The third-order valence-electron chi connectivity index (χ3n) is 4.20. The Morgan fingerprint density at radius 3 is 2.67 bits per heavy atom. The van der Waals surface area contributed by atoms with Crippen molar-refractivity contribution in [1.82, 2.24) is 10.3 Å². The number of carbonyl (C=O) groups excluding carboxylic acids is 2. The molecule has 1 aliphatic rings. The number of fused-ring (bicyclic) bond motifs is 1. The Bertz CT molecular complexity index is 855. The van der Waals surface area contributed by atoms with Gasteiger partial charge in [0.2, 0.25) is 5.91 Å². The van der Waals surface area contributed by atoms with Gasteiger partial charge in [0, 0.05) is 18.8 Å². The molecule has 2 N–H and O–H groups in total. The van der Waals surface area contributed by atoms with Gasteiger partial charge in [-0.15, -0.1) is 0 Å². The summed E-state index contributed by atoms with van der Waals surface area (Å²) < 4.78 is 5.53. The quantitative estimate of drug-likeness (QED) is 0.787. The fourth-order valence-electron chi connectivity index (χ4n) is 2.86. The Balaban J connectivity index is 1.72. The van der Waals surface area contributed by atoms with Crippen LogP contribution in [0.4, 0.5) is 5.69 Å². The van der Waals surface area contributed by atoms with Crippen LogP contribution >= 0.6 is 0 Å². The van der Waals surface area contributed by atoms with Crippen molar-refractivity contribution in [2.24, 2.45) is 0 Å². The SMILES string of the molecule is CC1Oc2ccccc2N(CC(=O)NC(Cc2ccncc2)C(=O)O)C1=O. The molecule has 2 unspecified atom stereocenters. The van der Waals surface area contributed by atoms with Crippen molar-refractivity contribution in [2.45, 2.75) is 25.5 Å². The molecule has 8 heteroatoms. The van der Waals surface area contributed by atoms with E-state index < -0.39 is 24.0 Å². The highest BCUT2D eigenvalue weighted by Crippen LogP contribution is 2.33. The molecule has 1 aromatic carbocycles. The van der Waals surface area contributed by atoms with Crippen molar-refractivity contribution in [2.75, 3.05) is 11.4 Å². The molecule has 27 heavy (non-hydrogen) atoms. The zero-order chi connectivity index (χ0) is 19.4. The van der Waals surface area contributed by atoms with Crippen LogP contribution < -0.4 is 15.0 Å². The molecule has 2 aromatic rings. The Hall–Kier alpha value is -3.42. The van der Waals surface area contributed by atoms with Crippen LogP contribution in [0.25, 0.3) is 0 Å². The number of pyridine rings is 1. The lowest BCUT2D eigenvalue weighted by Crippen LogP contribution is -2.51. The molecule has 3 rings (SSSR count). The summed E-state index contributed by atoms with van der Waals surface area (Å²) in [5.41, 5.74) is 1.22. The van der Waals surface area contributed by atoms with Crippen LogP contribution in [0.2, 0.25) is 0 Å². The fourth-order valence-corrected chi connectivity index (χ4v) is 2.86. The van der Waals surface area contributed by atoms with Gasteiger partial charge in [-0.1, -0.05) is 12.1 Å². The summed E-state index contributed by atoms with van der Waals surface area (Å²) in [4.78, 5) is 41.6. The summed E-state index contributed by atoms with van der Waals surface area (Å²) in [6, 6.07) is 9.17. The van der Waals surface area contributed by atoms with E-state index in [-0.39, 0.29) is 18.9 Å². The van der Waals surface area contributed by atoms with Gasteiger partial charge in [-0.25, -0.2) is 4.79 Å². The van der Waals surface area contributed by atoms with Crippen molar-refractivity contribution >= 4 is 23.5 Å².